The van der Waals surface area contributed by atoms with Gasteiger partial charge in [0.25, 0.3) is 0 Å². The van der Waals surface area contributed by atoms with Crippen LogP contribution in [0.1, 0.15) is 15.9 Å². The van der Waals surface area contributed by atoms with Crippen molar-refractivity contribution < 1.29 is 27.1 Å². The predicted molar refractivity (Wildman–Crippen MR) is 72.8 cm³/mol. The number of ether oxygens (including phenoxy) is 1. The topological polar surface area (TPSA) is 26.3 Å². The number of ketones is 1. The van der Waals surface area contributed by atoms with Crippen molar-refractivity contribution in [3.8, 4) is 5.75 Å². The van der Waals surface area contributed by atoms with E-state index in [-0.39, 0.29) is 16.9 Å². The third-order valence-electron chi connectivity index (χ3n) is 2.75. The lowest BCUT2D eigenvalue weighted by atomic mass is 10.1. The van der Waals surface area contributed by atoms with Crippen LogP contribution in [0, 0.1) is 11.6 Å². The molecule has 22 heavy (non-hydrogen) atoms. The van der Waals surface area contributed by atoms with Crippen molar-refractivity contribution in [3.05, 3.63) is 71.3 Å². The van der Waals surface area contributed by atoms with Crippen LogP contribution < -0.4 is 4.74 Å². The molecule has 0 saturated heterocycles. The molecule has 114 valence electrons. The molecular weight excluding hydrogens is 300 g/mol. The number of carbonyl (C=O) groups is 1. The van der Waals surface area contributed by atoms with E-state index in [1.807, 2.05) is 0 Å². The molecule has 0 saturated carbocycles. The minimum atomic E-state index is -2.99. The predicted octanol–water partition coefficient (Wildman–Crippen LogP) is 4.46. The molecule has 0 bridgehead atoms. The Morgan fingerprint density at radius 3 is 2.45 bits per heavy atom. The highest BCUT2D eigenvalue weighted by molar-refractivity contribution is 6.06. The minimum absolute atomic E-state index is 0.0533. The van der Waals surface area contributed by atoms with Gasteiger partial charge in [0.2, 0.25) is 0 Å². The summed E-state index contributed by atoms with van der Waals surface area (Å²) in [6, 6.07) is 8.63. The second-order valence-corrected chi connectivity index (χ2v) is 4.24. The zero-order valence-electron chi connectivity index (χ0n) is 11.1. The maximum atomic E-state index is 13.1. The summed E-state index contributed by atoms with van der Waals surface area (Å²) in [5, 5.41) is 0. The molecule has 0 heterocycles. The lowest BCUT2D eigenvalue weighted by Crippen LogP contribution is -2.03. The van der Waals surface area contributed by atoms with Crippen molar-refractivity contribution in [2.45, 2.75) is 6.61 Å². The Morgan fingerprint density at radius 1 is 1.05 bits per heavy atom. The first-order valence-electron chi connectivity index (χ1n) is 6.18. The van der Waals surface area contributed by atoms with Crippen molar-refractivity contribution in [1.82, 2.24) is 0 Å². The average Bonchev–Trinajstić information content (AvgIpc) is 2.48. The Kier molecular flexibility index (Phi) is 4.93. The standard InChI is InChI=1S/C16H10F4O2/c17-12-7-5-11(9-13(12)18)14(21)8-6-10-3-1-2-4-15(10)22-16(19)20/h1-9,16H. The van der Waals surface area contributed by atoms with Crippen molar-refractivity contribution in [2.75, 3.05) is 0 Å². The second-order valence-electron chi connectivity index (χ2n) is 4.24. The highest BCUT2D eigenvalue weighted by atomic mass is 19.3. The van der Waals surface area contributed by atoms with Gasteiger partial charge >= 0.3 is 6.61 Å². The maximum Gasteiger partial charge on any atom is 0.387 e. The smallest absolute Gasteiger partial charge is 0.387 e. The van der Waals surface area contributed by atoms with Gasteiger partial charge in [-0.1, -0.05) is 18.2 Å². The number of hydrogen-bond donors (Lipinski definition) is 0. The largest absolute Gasteiger partial charge is 0.434 e. The number of benzene rings is 2. The molecule has 0 aromatic heterocycles. The first-order chi connectivity index (χ1) is 10.5. The molecular formula is C16H10F4O2. The monoisotopic (exact) mass is 310 g/mol. The van der Waals surface area contributed by atoms with Gasteiger partial charge in [0.1, 0.15) is 5.75 Å². The molecule has 0 spiro atoms. The van der Waals surface area contributed by atoms with Crippen LogP contribution in [0.5, 0.6) is 5.75 Å². The van der Waals surface area contributed by atoms with Gasteiger partial charge in [-0.15, -0.1) is 0 Å². The fraction of sp³-hybridized carbons (Fsp3) is 0.0625. The second kappa shape index (κ2) is 6.89. The molecule has 6 heteroatoms. The molecule has 2 aromatic carbocycles. The van der Waals surface area contributed by atoms with Crippen molar-refractivity contribution >= 4 is 11.9 Å². The summed E-state index contributed by atoms with van der Waals surface area (Å²) in [4.78, 5) is 11.9. The molecule has 0 aliphatic rings. The molecule has 2 rings (SSSR count). The van der Waals surface area contributed by atoms with Crippen molar-refractivity contribution in [3.63, 3.8) is 0 Å². The van der Waals surface area contributed by atoms with Gasteiger partial charge in [0.15, 0.2) is 17.4 Å². The van der Waals surface area contributed by atoms with E-state index in [4.69, 9.17) is 0 Å². The van der Waals surface area contributed by atoms with Crippen molar-refractivity contribution in [2.24, 2.45) is 0 Å². The van der Waals surface area contributed by atoms with Gasteiger partial charge in [0.05, 0.1) is 0 Å². The summed E-state index contributed by atoms with van der Waals surface area (Å²) < 4.78 is 54.7. The van der Waals surface area contributed by atoms with Crippen LogP contribution in [0.25, 0.3) is 6.08 Å². The summed E-state index contributed by atoms with van der Waals surface area (Å²) in [5.41, 5.74) is 0.209. The normalized spacial score (nSPS) is 11.1. The number of halogens is 4. The van der Waals surface area contributed by atoms with E-state index in [1.54, 1.807) is 6.07 Å². The third kappa shape index (κ3) is 3.94. The molecule has 0 aliphatic heterocycles. The fourth-order valence-corrected chi connectivity index (χ4v) is 1.73. The van der Waals surface area contributed by atoms with Gasteiger partial charge in [-0.2, -0.15) is 8.78 Å². The van der Waals surface area contributed by atoms with E-state index < -0.39 is 24.0 Å². The molecule has 0 atom stereocenters. The number of hydrogen-bond acceptors (Lipinski definition) is 2. The van der Waals surface area contributed by atoms with E-state index >= 15 is 0 Å². The highest BCUT2D eigenvalue weighted by Gasteiger charge is 2.09. The van der Waals surface area contributed by atoms with Crippen LogP contribution >= 0.6 is 0 Å². The minimum Gasteiger partial charge on any atom is -0.434 e. The molecule has 2 aromatic rings. The fourth-order valence-electron chi connectivity index (χ4n) is 1.73. The Balaban J connectivity index is 2.21. The SMILES string of the molecule is O=C(C=Cc1ccccc1OC(F)F)c1ccc(F)c(F)c1. The molecule has 0 radical (unpaired) electrons. The molecule has 0 fully saturated rings. The Hall–Kier alpha value is -2.63. The molecule has 0 N–H and O–H groups in total. The lowest BCUT2D eigenvalue weighted by Gasteiger charge is -2.07. The van der Waals surface area contributed by atoms with Gasteiger partial charge in [0, 0.05) is 11.1 Å². The van der Waals surface area contributed by atoms with E-state index in [2.05, 4.69) is 4.74 Å². The lowest BCUT2D eigenvalue weighted by molar-refractivity contribution is -0.0499. The van der Waals surface area contributed by atoms with Gasteiger partial charge < -0.3 is 4.74 Å². The molecule has 0 amide bonds. The quantitative estimate of drug-likeness (QED) is 0.463. The van der Waals surface area contributed by atoms with E-state index in [9.17, 15) is 22.4 Å². The van der Waals surface area contributed by atoms with Crippen molar-refractivity contribution in [1.29, 1.82) is 0 Å². The highest BCUT2D eigenvalue weighted by Crippen LogP contribution is 2.22. The van der Waals surface area contributed by atoms with Gasteiger partial charge in [-0.3, -0.25) is 4.79 Å². The summed E-state index contributed by atoms with van der Waals surface area (Å²) in [6.45, 7) is -2.99. The summed E-state index contributed by atoms with van der Waals surface area (Å²) in [7, 11) is 0. The number of allylic oxidation sites excluding steroid dienone is 1. The zero-order valence-corrected chi connectivity index (χ0v) is 11.1. The Morgan fingerprint density at radius 2 is 1.77 bits per heavy atom. The molecule has 2 nitrogen and oxygen atoms in total. The Bertz CT molecular complexity index is 711. The summed E-state index contributed by atoms with van der Waals surface area (Å²) >= 11 is 0. The van der Waals surface area contributed by atoms with E-state index in [0.717, 1.165) is 24.3 Å². The van der Waals surface area contributed by atoms with Crippen LogP contribution in [-0.2, 0) is 0 Å². The third-order valence-corrected chi connectivity index (χ3v) is 2.75. The van der Waals surface area contributed by atoms with Crippen LogP contribution in [0.4, 0.5) is 17.6 Å². The molecule has 0 unspecified atom stereocenters. The van der Waals surface area contributed by atoms with Crippen LogP contribution in [0.15, 0.2) is 48.5 Å². The van der Waals surface area contributed by atoms with Gasteiger partial charge in [-0.25, -0.2) is 8.78 Å². The van der Waals surface area contributed by atoms with E-state index in [1.165, 1.54) is 24.3 Å². The Labute approximate surface area is 123 Å². The number of alkyl halides is 2. The first-order valence-corrected chi connectivity index (χ1v) is 6.18. The number of para-hydroxylation sites is 1. The van der Waals surface area contributed by atoms with Gasteiger partial charge in [-0.05, 0) is 36.4 Å². The van der Waals surface area contributed by atoms with Crippen LogP contribution in [0.2, 0.25) is 0 Å². The molecule has 0 aliphatic carbocycles. The summed E-state index contributed by atoms with van der Waals surface area (Å²) in [5.74, 6) is -2.88. The van der Waals surface area contributed by atoms with Crippen LogP contribution in [0.3, 0.4) is 0 Å². The zero-order chi connectivity index (χ0) is 16.1. The average molecular weight is 310 g/mol. The van der Waals surface area contributed by atoms with Crippen LogP contribution in [-0.4, -0.2) is 12.4 Å². The maximum absolute atomic E-state index is 13.1. The summed E-state index contributed by atoms with van der Waals surface area (Å²) in [6.07, 6.45) is 2.33. The number of carbonyl (C=O) groups excluding carboxylic acids is 1. The van der Waals surface area contributed by atoms with E-state index in [0.29, 0.717) is 0 Å². The number of rotatable bonds is 5. The first kappa shape index (κ1) is 15.8.